The van der Waals surface area contributed by atoms with Crippen molar-refractivity contribution in [1.29, 1.82) is 0 Å². The van der Waals surface area contributed by atoms with Gasteiger partial charge in [-0.05, 0) is 86.7 Å². The number of thioether (sulfide) groups is 1. The van der Waals surface area contributed by atoms with Crippen LogP contribution in [0.25, 0.3) is 6.08 Å². The number of amides is 2. The van der Waals surface area contributed by atoms with Gasteiger partial charge in [0.05, 0.1) is 4.91 Å². The highest BCUT2D eigenvalue weighted by atomic mass is 32.2. The predicted molar refractivity (Wildman–Crippen MR) is 114 cm³/mol. The van der Waals surface area contributed by atoms with Crippen LogP contribution in [0.3, 0.4) is 0 Å². The van der Waals surface area contributed by atoms with Gasteiger partial charge in [0.15, 0.2) is 0 Å². The van der Waals surface area contributed by atoms with E-state index in [4.69, 9.17) is 0 Å². The van der Waals surface area contributed by atoms with Crippen molar-refractivity contribution in [1.82, 2.24) is 4.90 Å². The van der Waals surface area contributed by atoms with Gasteiger partial charge in [0.2, 0.25) is 0 Å². The summed E-state index contributed by atoms with van der Waals surface area (Å²) < 4.78 is 0. The summed E-state index contributed by atoms with van der Waals surface area (Å²) in [6.45, 7) is 16.0. The molecule has 1 saturated heterocycles. The molecular formula is C22H28N2O2S. The van der Waals surface area contributed by atoms with Crippen molar-refractivity contribution in [3.8, 4) is 0 Å². The highest BCUT2D eigenvalue weighted by molar-refractivity contribution is 8.18. The number of carbonyl (C=O) groups is 2. The third kappa shape index (κ3) is 3.45. The Kier molecular flexibility index (Phi) is 5.26. The van der Waals surface area contributed by atoms with Crippen LogP contribution in [0.2, 0.25) is 0 Å². The lowest BCUT2D eigenvalue weighted by molar-refractivity contribution is -0.122. The number of imide groups is 1. The number of aryl methyl sites for hydroxylation is 1. The van der Waals surface area contributed by atoms with Crippen LogP contribution in [-0.2, 0) is 4.79 Å². The summed E-state index contributed by atoms with van der Waals surface area (Å²) in [6, 6.07) is 4.44. The molecule has 0 saturated carbocycles. The van der Waals surface area contributed by atoms with Crippen LogP contribution in [0.1, 0.15) is 56.7 Å². The molecule has 1 atom stereocenters. The van der Waals surface area contributed by atoms with Crippen LogP contribution >= 0.6 is 11.8 Å². The molecule has 5 heteroatoms. The molecule has 2 aliphatic heterocycles. The van der Waals surface area contributed by atoms with Gasteiger partial charge in [-0.25, -0.2) is 0 Å². The maximum atomic E-state index is 12.5. The van der Waals surface area contributed by atoms with Gasteiger partial charge in [-0.15, -0.1) is 6.58 Å². The molecule has 4 nitrogen and oxygen atoms in total. The minimum absolute atomic E-state index is 0.127. The number of hydrogen-bond donors (Lipinski definition) is 0. The number of hydrogen-bond acceptors (Lipinski definition) is 4. The van der Waals surface area contributed by atoms with Gasteiger partial charge >= 0.3 is 0 Å². The fourth-order valence-corrected chi connectivity index (χ4v) is 5.17. The molecule has 27 heavy (non-hydrogen) atoms. The molecule has 2 aliphatic rings. The molecule has 3 rings (SSSR count). The summed E-state index contributed by atoms with van der Waals surface area (Å²) in [7, 11) is 0. The van der Waals surface area contributed by atoms with Gasteiger partial charge in [0, 0.05) is 24.3 Å². The Morgan fingerprint density at radius 3 is 2.67 bits per heavy atom. The van der Waals surface area contributed by atoms with Crippen molar-refractivity contribution in [2.24, 2.45) is 0 Å². The molecule has 0 bridgehead atoms. The van der Waals surface area contributed by atoms with E-state index in [9.17, 15) is 9.59 Å². The van der Waals surface area contributed by atoms with Gasteiger partial charge < -0.3 is 4.90 Å². The van der Waals surface area contributed by atoms with Crippen molar-refractivity contribution < 1.29 is 9.59 Å². The smallest absolute Gasteiger partial charge is 0.293 e. The Balaban J connectivity index is 2.03. The average molecular weight is 385 g/mol. The summed E-state index contributed by atoms with van der Waals surface area (Å²) in [5.41, 5.74) is 4.87. The third-order valence-corrected chi connectivity index (χ3v) is 6.47. The Morgan fingerprint density at radius 2 is 2.04 bits per heavy atom. The van der Waals surface area contributed by atoms with Crippen LogP contribution in [0, 0.1) is 6.92 Å². The maximum absolute atomic E-state index is 12.5. The second-order valence-electron chi connectivity index (χ2n) is 8.01. The zero-order chi connectivity index (χ0) is 19.9. The summed E-state index contributed by atoms with van der Waals surface area (Å²) in [5, 5.41) is -0.228. The molecule has 0 N–H and O–H groups in total. The van der Waals surface area contributed by atoms with E-state index >= 15 is 0 Å². The number of nitrogens with zero attached hydrogens (tertiary/aromatic N) is 2. The average Bonchev–Trinajstić information content (AvgIpc) is 2.84. The van der Waals surface area contributed by atoms with Crippen LogP contribution in [0.5, 0.6) is 0 Å². The first kappa shape index (κ1) is 19.7. The molecule has 1 fully saturated rings. The first-order valence-electron chi connectivity index (χ1n) is 9.48. The quantitative estimate of drug-likeness (QED) is 0.520. The molecular weight excluding hydrogens is 356 g/mol. The number of rotatable bonds is 4. The Bertz CT molecular complexity index is 841. The molecule has 0 spiro atoms. The Labute approximate surface area is 166 Å². The van der Waals surface area contributed by atoms with Gasteiger partial charge in [-0.2, -0.15) is 0 Å². The van der Waals surface area contributed by atoms with E-state index in [2.05, 4.69) is 58.2 Å². The molecule has 144 valence electrons. The summed E-state index contributed by atoms with van der Waals surface area (Å²) in [5.74, 6) is 0.216. The van der Waals surface area contributed by atoms with Crippen LogP contribution in [0.15, 0.2) is 29.7 Å². The van der Waals surface area contributed by atoms with Gasteiger partial charge in [0.25, 0.3) is 11.1 Å². The second kappa shape index (κ2) is 7.19. The topological polar surface area (TPSA) is 40.6 Å². The van der Waals surface area contributed by atoms with Crippen molar-refractivity contribution in [2.75, 3.05) is 18.0 Å². The van der Waals surface area contributed by atoms with E-state index in [1.165, 1.54) is 16.2 Å². The zero-order valence-corrected chi connectivity index (χ0v) is 17.7. The second-order valence-corrected chi connectivity index (χ2v) is 9.00. The van der Waals surface area contributed by atoms with Crippen molar-refractivity contribution >= 4 is 34.7 Å². The lowest BCUT2D eigenvalue weighted by Crippen LogP contribution is -2.48. The fraction of sp³-hybridized carbons (Fsp3) is 0.455. The molecule has 2 heterocycles. The Hall–Kier alpha value is -2.01. The minimum Gasteiger partial charge on any atom is -0.366 e. The molecule has 0 unspecified atom stereocenters. The molecule has 0 aromatic heterocycles. The van der Waals surface area contributed by atoms with Gasteiger partial charge in [-0.1, -0.05) is 13.0 Å². The van der Waals surface area contributed by atoms with Gasteiger partial charge in [-0.3, -0.25) is 14.5 Å². The normalized spacial score (nSPS) is 23.1. The predicted octanol–water partition coefficient (Wildman–Crippen LogP) is 5.33. The number of benzene rings is 1. The van der Waals surface area contributed by atoms with E-state index < -0.39 is 0 Å². The standard InChI is InChI=1S/C22H28N2O2S/c1-7-9-23-20(25)19(27-21(23)26)12-16-11-17-15(4)13-22(5,6)24(8-2)18(17)10-14(16)3/h7,10-12,15H,1,8-9,13H2,2-6H3/b19-12-/t15-/m1/s1. The van der Waals surface area contributed by atoms with E-state index in [-0.39, 0.29) is 23.2 Å². The van der Waals surface area contributed by atoms with Crippen molar-refractivity contribution in [2.45, 2.75) is 52.5 Å². The zero-order valence-electron chi connectivity index (χ0n) is 16.8. The summed E-state index contributed by atoms with van der Waals surface area (Å²) in [4.78, 5) is 28.8. The lowest BCUT2D eigenvalue weighted by Gasteiger charge is -2.47. The minimum atomic E-state index is -0.230. The van der Waals surface area contributed by atoms with Crippen molar-refractivity contribution in [3.05, 3.63) is 46.4 Å². The molecule has 2 amide bonds. The number of carbonyl (C=O) groups excluding carboxylic acids is 2. The molecule has 0 radical (unpaired) electrons. The highest BCUT2D eigenvalue weighted by Crippen LogP contribution is 2.44. The number of fused-ring (bicyclic) bond motifs is 1. The van der Waals surface area contributed by atoms with E-state index in [1.54, 1.807) is 6.08 Å². The van der Waals surface area contributed by atoms with Crippen molar-refractivity contribution in [3.63, 3.8) is 0 Å². The Morgan fingerprint density at radius 1 is 1.33 bits per heavy atom. The summed E-state index contributed by atoms with van der Waals surface area (Å²) >= 11 is 1.01. The first-order valence-corrected chi connectivity index (χ1v) is 10.3. The lowest BCUT2D eigenvalue weighted by atomic mass is 9.79. The molecule has 1 aromatic carbocycles. The third-order valence-electron chi connectivity index (χ3n) is 5.56. The maximum Gasteiger partial charge on any atom is 0.293 e. The molecule has 0 aliphatic carbocycles. The largest absolute Gasteiger partial charge is 0.366 e. The van der Waals surface area contributed by atoms with Crippen LogP contribution in [-0.4, -0.2) is 34.7 Å². The van der Waals surface area contributed by atoms with Crippen LogP contribution in [0.4, 0.5) is 10.5 Å². The SMILES string of the molecule is C=CCN1C(=O)S/C(=C\c2cc3c(cc2C)N(CC)C(C)(C)C[C@H]3C)C1=O. The first-order chi connectivity index (χ1) is 12.7. The highest BCUT2D eigenvalue weighted by Gasteiger charge is 2.37. The fourth-order valence-electron chi connectivity index (χ4n) is 4.33. The monoisotopic (exact) mass is 384 g/mol. The van der Waals surface area contributed by atoms with Gasteiger partial charge in [0.1, 0.15) is 0 Å². The number of anilines is 1. The van der Waals surface area contributed by atoms with E-state index in [0.717, 1.165) is 35.9 Å². The summed E-state index contributed by atoms with van der Waals surface area (Å²) in [6.07, 6.45) is 4.53. The molecule has 1 aromatic rings. The van der Waals surface area contributed by atoms with Crippen LogP contribution < -0.4 is 4.90 Å². The van der Waals surface area contributed by atoms with E-state index in [1.807, 2.05) is 6.08 Å². The van der Waals surface area contributed by atoms with E-state index in [0.29, 0.717) is 10.8 Å².